The lowest BCUT2D eigenvalue weighted by atomic mass is 10.4. The van der Waals surface area contributed by atoms with E-state index >= 15 is 0 Å². The first-order valence-electron chi connectivity index (χ1n) is 5.50. The van der Waals surface area contributed by atoms with E-state index in [9.17, 15) is 0 Å². The van der Waals surface area contributed by atoms with E-state index in [1.165, 1.54) is 11.8 Å². The summed E-state index contributed by atoms with van der Waals surface area (Å²) in [7, 11) is 1.79. The second-order valence-electron chi connectivity index (χ2n) is 3.78. The van der Waals surface area contributed by atoms with Crippen molar-refractivity contribution in [3.63, 3.8) is 0 Å². The van der Waals surface area contributed by atoms with E-state index in [1.54, 1.807) is 23.1 Å². The van der Waals surface area contributed by atoms with Gasteiger partial charge in [-0.3, -0.25) is 0 Å². The van der Waals surface area contributed by atoms with Gasteiger partial charge in [-0.2, -0.15) is 4.98 Å². The van der Waals surface area contributed by atoms with Gasteiger partial charge in [-0.25, -0.2) is 4.68 Å². The Kier molecular flexibility index (Phi) is 3.30. The summed E-state index contributed by atoms with van der Waals surface area (Å²) in [6, 6.07) is 3.92. The topological polar surface area (TPSA) is 82.5 Å². The van der Waals surface area contributed by atoms with Crippen LogP contribution in [0.3, 0.4) is 0 Å². The van der Waals surface area contributed by atoms with E-state index in [1.807, 2.05) is 24.4 Å². The Labute approximate surface area is 117 Å². The molecule has 9 heteroatoms. The molecule has 3 rings (SSSR count). The van der Waals surface area contributed by atoms with Crippen LogP contribution in [-0.4, -0.2) is 30.3 Å². The lowest BCUT2D eigenvalue weighted by Gasteiger charge is -2.03. The maximum absolute atomic E-state index is 5.29. The molecule has 98 valence electrons. The molecule has 3 aromatic rings. The zero-order valence-electron chi connectivity index (χ0n) is 10.2. The molecule has 0 radical (unpaired) electrons. The van der Waals surface area contributed by atoms with Crippen molar-refractivity contribution in [2.75, 3.05) is 0 Å². The Morgan fingerprint density at radius 2 is 2.37 bits per heavy atom. The summed E-state index contributed by atoms with van der Waals surface area (Å²) in [4.78, 5) is 5.39. The number of hydrogen-bond acceptors (Lipinski definition) is 8. The fourth-order valence-corrected chi connectivity index (χ4v) is 2.87. The van der Waals surface area contributed by atoms with Crippen LogP contribution in [-0.2, 0) is 7.05 Å². The number of aromatic nitrogens is 6. The zero-order valence-corrected chi connectivity index (χ0v) is 11.9. The van der Waals surface area contributed by atoms with Crippen LogP contribution in [0.1, 0.15) is 18.1 Å². The van der Waals surface area contributed by atoms with E-state index in [0.29, 0.717) is 16.9 Å². The number of hydrogen-bond donors (Lipinski definition) is 0. The van der Waals surface area contributed by atoms with Gasteiger partial charge >= 0.3 is 0 Å². The van der Waals surface area contributed by atoms with E-state index in [2.05, 4.69) is 25.7 Å². The van der Waals surface area contributed by atoms with Gasteiger partial charge in [-0.15, -0.1) is 16.4 Å². The molecule has 0 N–H and O–H groups in total. The summed E-state index contributed by atoms with van der Waals surface area (Å²) < 4.78 is 6.89. The summed E-state index contributed by atoms with van der Waals surface area (Å²) in [6.07, 6.45) is 0. The molecule has 0 saturated heterocycles. The molecule has 0 bridgehead atoms. The molecule has 3 heterocycles. The van der Waals surface area contributed by atoms with Gasteiger partial charge in [0.25, 0.3) is 0 Å². The van der Waals surface area contributed by atoms with Crippen molar-refractivity contribution in [3.05, 3.63) is 23.4 Å². The molecular weight excluding hydrogens is 284 g/mol. The molecule has 0 saturated carbocycles. The largest absolute Gasteiger partial charge is 0.338 e. The SMILES string of the molecule is CC(Sc1nnnn1C)c1nc(-c2cccs2)no1. The van der Waals surface area contributed by atoms with Crippen LogP contribution in [0.25, 0.3) is 10.7 Å². The average Bonchev–Trinajstić information content (AvgIpc) is 3.09. The molecule has 19 heavy (non-hydrogen) atoms. The highest BCUT2D eigenvalue weighted by molar-refractivity contribution is 7.99. The quantitative estimate of drug-likeness (QED) is 0.682. The third kappa shape index (κ3) is 2.51. The molecular formula is C10H10N6OS2. The minimum Gasteiger partial charge on any atom is -0.338 e. The first kappa shape index (κ1) is 12.3. The number of nitrogens with zero attached hydrogens (tertiary/aromatic N) is 6. The second kappa shape index (κ2) is 5.10. The molecule has 1 unspecified atom stereocenters. The summed E-state index contributed by atoms with van der Waals surface area (Å²) in [5, 5.41) is 18.0. The molecule has 0 fully saturated rings. The summed E-state index contributed by atoms with van der Waals surface area (Å²) in [5.74, 6) is 1.19. The highest BCUT2D eigenvalue weighted by Crippen LogP contribution is 2.33. The number of thiophene rings is 1. The monoisotopic (exact) mass is 294 g/mol. The molecule has 1 atom stereocenters. The second-order valence-corrected chi connectivity index (χ2v) is 6.03. The third-order valence-electron chi connectivity index (χ3n) is 2.39. The smallest absolute Gasteiger partial charge is 0.240 e. The van der Waals surface area contributed by atoms with Gasteiger partial charge in [-0.05, 0) is 28.8 Å². The Morgan fingerprint density at radius 3 is 3.05 bits per heavy atom. The minimum absolute atomic E-state index is 0.00841. The molecule has 7 nitrogen and oxygen atoms in total. The van der Waals surface area contributed by atoms with Crippen LogP contribution in [0.4, 0.5) is 0 Å². The van der Waals surface area contributed by atoms with Crippen LogP contribution >= 0.6 is 23.1 Å². The number of rotatable bonds is 4. The average molecular weight is 294 g/mol. The third-order valence-corrected chi connectivity index (χ3v) is 4.37. The van der Waals surface area contributed by atoms with Crippen LogP contribution in [0.2, 0.25) is 0 Å². The van der Waals surface area contributed by atoms with Gasteiger partial charge in [0.15, 0.2) is 0 Å². The molecule has 0 amide bonds. The van der Waals surface area contributed by atoms with Gasteiger partial charge in [0, 0.05) is 7.05 Å². The van der Waals surface area contributed by atoms with Crippen LogP contribution in [0, 0.1) is 0 Å². The fourth-order valence-electron chi connectivity index (χ4n) is 1.44. The standard InChI is InChI=1S/C10H10N6OS2/c1-6(19-10-12-14-15-16(10)2)9-11-8(13-17-9)7-4-3-5-18-7/h3-6H,1-2H3. The van der Waals surface area contributed by atoms with Gasteiger partial charge in [0.1, 0.15) is 0 Å². The summed E-state index contributed by atoms with van der Waals surface area (Å²) in [6.45, 7) is 1.98. The maximum atomic E-state index is 5.29. The van der Waals surface area contributed by atoms with E-state index in [4.69, 9.17) is 4.52 Å². The summed E-state index contributed by atoms with van der Waals surface area (Å²) in [5.41, 5.74) is 0. The maximum Gasteiger partial charge on any atom is 0.240 e. The van der Waals surface area contributed by atoms with Crippen LogP contribution in [0.15, 0.2) is 27.2 Å². The first-order valence-corrected chi connectivity index (χ1v) is 7.26. The first-order chi connectivity index (χ1) is 9.24. The van der Waals surface area contributed by atoms with Crippen molar-refractivity contribution in [1.82, 2.24) is 30.3 Å². The number of tetrazole rings is 1. The van der Waals surface area contributed by atoms with Gasteiger partial charge < -0.3 is 4.52 Å². The van der Waals surface area contributed by atoms with Crippen molar-refractivity contribution >= 4 is 23.1 Å². The molecule has 3 aromatic heterocycles. The zero-order chi connectivity index (χ0) is 13.2. The molecule has 0 aliphatic heterocycles. The predicted molar refractivity (Wildman–Crippen MR) is 70.7 cm³/mol. The Bertz CT molecular complexity index is 661. The fraction of sp³-hybridized carbons (Fsp3) is 0.300. The van der Waals surface area contributed by atoms with E-state index in [0.717, 1.165) is 4.88 Å². The van der Waals surface area contributed by atoms with Gasteiger partial charge in [0.05, 0.1) is 10.1 Å². The number of aryl methyl sites for hydroxylation is 1. The minimum atomic E-state index is -0.00841. The van der Waals surface area contributed by atoms with Crippen LogP contribution < -0.4 is 0 Å². The normalized spacial score (nSPS) is 12.7. The van der Waals surface area contributed by atoms with Gasteiger partial charge in [0.2, 0.25) is 16.9 Å². The molecule has 0 spiro atoms. The Balaban J connectivity index is 1.77. The lowest BCUT2D eigenvalue weighted by Crippen LogP contribution is -1.96. The molecule has 0 aliphatic rings. The Morgan fingerprint density at radius 1 is 1.47 bits per heavy atom. The van der Waals surface area contributed by atoms with Gasteiger partial charge in [-0.1, -0.05) is 23.0 Å². The number of thioether (sulfide) groups is 1. The van der Waals surface area contributed by atoms with E-state index in [-0.39, 0.29) is 5.25 Å². The Hall–Kier alpha value is -1.74. The van der Waals surface area contributed by atoms with E-state index < -0.39 is 0 Å². The van der Waals surface area contributed by atoms with Crippen molar-refractivity contribution in [1.29, 1.82) is 0 Å². The molecule has 0 aliphatic carbocycles. The van der Waals surface area contributed by atoms with Crippen molar-refractivity contribution in [3.8, 4) is 10.7 Å². The predicted octanol–water partition coefficient (Wildman–Crippen LogP) is 2.17. The van der Waals surface area contributed by atoms with Crippen molar-refractivity contribution < 1.29 is 4.52 Å². The highest BCUT2D eigenvalue weighted by atomic mass is 32.2. The lowest BCUT2D eigenvalue weighted by molar-refractivity contribution is 0.380. The summed E-state index contributed by atoms with van der Waals surface area (Å²) >= 11 is 3.06. The highest BCUT2D eigenvalue weighted by Gasteiger charge is 2.19. The van der Waals surface area contributed by atoms with Crippen LogP contribution in [0.5, 0.6) is 0 Å². The van der Waals surface area contributed by atoms with Crippen molar-refractivity contribution in [2.24, 2.45) is 7.05 Å². The van der Waals surface area contributed by atoms with Crippen molar-refractivity contribution in [2.45, 2.75) is 17.3 Å². The molecule has 0 aromatic carbocycles.